The SMILES string of the molecule is CC/C=C\C/C=C\C/C=C\C/C=C\C/C=C\CCCCCCCCCCCC(=O)OCC(COC(=O)CCCCCCC/C=C\CCCCC)OC(=O)CCCCCCC/C=C\C/C=C\CCC. The number of hydrogen-bond donors (Lipinski definition) is 0. The van der Waals surface area contributed by atoms with Crippen molar-refractivity contribution in [3.63, 3.8) is 0 Å². The minimum absolute atomic E-state index is 0.0894. The number of ether oxygens (including phenoxy) is 3. The number of unbranched alkanes of at least 4 members (excludes halogenated alkanes) is 23. The van der Waals surface area contributed by atoms with E-state index < -0.39 is 6.10 Å². The molecule has 0 aliphatic heterocycles. The van der Waals surface area contributed by atoms with Crippen molar-refractivity contribution in [1.29, 1.82) is 0 Å². The van der Waals surface area contributed by atoms with E-state index in [0.717, 1.165) is 135 Å². The summed E-state index contributed by atoms with van der Waals surface area (Å²) in [5, 5.41) is 0. The van der Waals surface area contributed by atoms with Gasteiger partial charge in [0, 0.05) is 19.3 Å². The predicted octanol–water partition coefficient (Wildman–Crippen LogP) is 18.9. The highest BCUT2D eigenvalue weighted by Crippen LogP contribution is 2.14. The van der Waals surface area contributed by atoms with Gasteiger partial charge in [0.2, 0.25) is 0 Å². The molecule has 388 valence electrons. The van der Waals surface area contributed by atoms with E-state index in [4.69, 9.17) is 14.2 Å². The molecule has 0 aliphatic carbocycles. The van der Waals surface area contributed by atoms with E-state index in [1.54, 1.807) is 0 Å². The molecule has 0 saturated heterocycles. The molecule has 0 aromatic heterocycles. The van der Waals surface area contributed by atoms with Gasteiger partial charge in [0.25, 0.3) is 0 Å². The van der Waals surface area contributed by atoms with Crippen LogP contribution in [0.5, 0.6) is 0 Å². The summed E-state index contributed by atoms with van der Waals surface area (Å²) in [6.07, 6.45) is 74.0. The molecule has 1 unspecified atom stereocenters. The number of allylic oxidation sites excluding steroid dienone is 16. The Bertz CT molecular complexity index is 1360. The van der Waals surface area contributed by atoms with Gasteiger partial charge < -0.3 is 14.2 Å². The van der Waals surface area contributed by atoms with Crippen LogP contribution in [0, 0.1) is 0 Å². The molecule has 0 saturated carbocycles. The summed E-state index contributed by atoms with van der Waals surface area (Å²) >= 11 is 0. The van der Waals surface area contributed by atoms with Gasteiger partial charge >= 0.3 is 17.9 Å². The monoisotopic (exact) mass is 945 g/mol. The number of carbonyl (C=O) groups is 3. The zero-order valence-electron chi connectivity index (χ0n) is 44.3. The Kier molecular flexibility index (Phi) is 52.9. The lowest BCUT2D eigenvalue weighted by atomic mass is 10.1. The van der Waals surface area contributed by atoms with E-state index in [-0.39, 0.29) is 31.1 Å². The van der Waals surface area contributed by atoms with Crippen LogP contribution in [0.4, 0.5) is 0 Å². The second kappa shape index (κ2) is 55.9. The summed E-state index contributed by atoms with van der Waals surface area (Å²) in [4.78, 5) is 38.1. The molecule has 0 spiro atoms. The fourth-order valence-corrected chi connectivity index (χ4v) is 7.56. The fraction of sp³-hybridized carbons (Fsp3) is 0.694. The van der Waals surface area contributed by atoms with Crippen LogP contribution in [0.15, 0.2) is 97.2 Å². The van der Waals surface area contributed by atoms with Gasteiger partial charge in [-0.25, -0.2) is 0 Å². The van der Waals surface area contributed by atoms with Crippen LogP contribution in [-0.4, -0.2) is 37.2 Å². The van der Waals surface area contributed by atoms with Crippen molar-refractivity contribution in [1.82, 2.24) is 0 Å². The van der Waals surface area contributed by atoms with Gasteiger partial charge in [0.05, 0.1) is 0 Å². The van der Waals surface area contributed by atoms with E-state index in [0.29, 0.717) is 19.3 Å². The molecule has 0 rings (SSSR count). The zero-order chi connectivity index (χ0) is 49.3. The highest BCUT2D eigenvalue weighted by atomic mass is 16.6. The van der Waals surface area contributed by atoms with Gasteiger partial charge in [-0.3, -0.25) is 14.4 Å². The van der Waals surface area contributed by atoms with Crippen molar-refractivity contribution in [2.75, 3.05) is 13.2 Å². The van der Waals surface area contributed by atoms with Gasteiger partial charge in [0.15, 0.2) is 6.10 Å². The Hall–Kier alpha value is -3.67. The van der Waals surface area contributed by atoms with Crippen molar-refractivity contribution >= 4 is 17.9 Å². The maximum Gasteiger partial charge on any atom is 0.306 e. The first kappa shape index (κ1) is 64.3. The number of esters is 3. The molecule has 0 aromatic carbocycles. The highest BCUT2D eigenvalue weighted by molar-refractivity contribution is 5.71. The van der Waals surface area contributed by atoms with Crippen LogP contribution in [0.25, 0.3) is 0 Å². The topological polar surface area (TPSA) is 78.9 Å². The first-order valence-electron chi connectivity index (χ1n) is 28.2. The summed E-state index contributed by atoms with van der Waals surface area (Å²) in [5.74, 6) is -0.918. The average molecular weight is 946 g/mol. The Morgan fingerprint density at radius 2 is 0.603 bits per heavy atom. The normalized spacial score (nSPS) is 12.8. The summed E-state index contributed by atoms with van der Waals surface area (Å²) in [6, 6.07) is 0. The quantitative estimate of drug-likeness (QED) is 0.0262. The molecule has 0 bridgehead atoms. The summed E-state index contributed by atoms with van der Waals surface area (Å²) in [7, 11) is 0. The number of hydrogen-bond acceptors (Lipinski definition) is 6. The third kappa shape index (κ3) is 53.3. The Labute approximate surface area is 419 Å². The lowest BCUT2D eigenvalue weighted by Crippen LogP contribution is -2.30. The van der Waals surface area contributed by atoms with E-state index in [1.165, 1.54) is 83.5 Å². The molecule has 6 nitrogen and oxygen atoms in total. The predicted molar refractivity (Wildman–Crippen MR) is 293 cm³/mol. The molecule has 0 aliphatic rings. The molecule has 1 atom stereocenters. The largest absolute Gasteiger partial charge is 0.462 e. The molecule has 0 aromatic rings. The van der Waals surface area contributed by atoms with Gasteiger partial charge in [0.1, 0.15) is 13.2 Å². The van der Waals surface area contributed by atoms with E-state index >= 15 is 0 Å². The number of rotatable bonds is 50. The summed E-state index contributed by atoms with van der Waals surface area (Å²) < 4.78 is 16.8. The molecule has 0 N–H and O–H groups in total. The van der Waals surface area contributed by atoms with Crippen LogP contribution < -0.4 is 0 Å². The van der Waals surface area contributed by atoms with Crippen LogP contribution in [0.1, 0.15) is 258 Å². The van der Waals surface area contributed by atoms with Crippen molar-refractivity contribution in [3.8, 4) is 0 Å². The maximum atomic E-state index is 12.8. The van der Waals surface area contributed by atoms with Crippen LogP contribution in [-0.2, 0) is 28.6 Å². The second-order valence-electron chi connectivity index (χ2n) is 18.5. The number of carbonyl (C=O) groups excluding carboxylic acids is 3. The molecule has 0 heterocycles. The summed E-state index contributed by atoms with van der Waals surface area (Å²) in [5.41, 5.74) is 0. The first-order valence-corrected chi connectivity index (χ1v) is 28.2. The second-order valence-corrected chi connectivity index (χ2v) is 18.5. The Balaban J connectivity index is 4.31. The Morgan fingerprint density at radius 3 is 0.971 bits per heavy atom. The molecule has 0 fully saturated rings. The minimum Gasteiger partial charge on any atom is -0.462 e. The molecule has 6 heteroatoms. The zero-order valence-corrected chi connectivity index (χ0v) is 44.3. The van der Waals surface area contributed by atoms with Crippen LogP contribution >= 0.6 is 0 Å². The lowest BCUT2D eigenvalue weighted by Gasteiger charge is -2.18. The highest BCUT2D eigenvalue weighted by Gasteiger charge is 2.19. The van der Waals surface area contributed by atoms with E-state index in [1.807, 2.05) is 0 Å². The van der Waals surface area contributed by atoms with Crippen LogP contribution in [0.3, 0.4) is 0 Å². The molecule has 0 amide bonds. The lowest BCUT2D eigenvalue weighted by molar-refractivity contribution is -0.167. The summed E-state index contributed by atoms with van der Waals surface area (Å²) in [6.45, 7) is 6.41. The molecular formula is C62H104O6. The van der Waals surface area contributed by atoms with E-state index in [9.17, 15) is 14.4 Å². The van der Waals surface area contributed by atoms with Crippen molar-refractivity contribution < 1.29 is 28.6 Å². The average Bonchev–Trinajstić information content (AvgIpc) is 3.34. The third-order valence-electron chi connectivity index (χ3n) is 11.8. The smallest absolute Gasteiger partial charge is 0.306 e. The van der Waals surface area contributed by atoms with Crippen LogP contribution in [0.2, 0.25) is 0 Å². The Morgan fingerprint density at radius 1 is 0.309 bits per heavy atom. The van der Waals surface area contributed by atoms with E-state index in [2.05, 4.69) is 118 Å². The minimum atomic E-state index is -0.791. The van der Waals surface area contributed by atoms with Crippen molar-refractivity contribution in [3.05, 3.63) is 97.2 Å². The van der Waals surface area contributed by atoms with Crippen molar-refractivity contribution in [2.24, 2.45) is 0 Å². The van der Waals surface area contributed by atoms with Gasteiger partial charge in [-0.15, -0.1) is 0 Å². The first-order chi connectivity index (χ1) is 33.5. The molecule has 0 radical (unpaired) electrons. The van der Waals surface area contributed by atoms with Gasteiger partial charge in [-0.1, -0.05) is 221 Å². The standard InChI is InChI=1S/C62H104O6/c1-4-7-10-13-16-19-22-25-26-27-28-29-30-31-32-33-34-35-36-38-40-43-46-49-52-55-61(64)67-58-59(57-66-60(63)54-51-48-45-42-39-24-21-18-15-12-9-6-3)68-62(65)56-53-50-47-44-41-37-23-20-17-14-11-8-5-2/h7,10-11,14,16,18-21,23,25-26,28-29,31-32,59H,4-6,8-9,12-13,15,17,22,24,27,30,33-58H2,1-3H3/b10-7-,14-11-,19-16-,21-18-,23-20-,26-25-,29-28-,32-31-. The third-order valence-corrected chi connectivity index (χ3v) is 11.8. The molecule has 68 heavy (non-hydrogen) atoms. The fourth-order valence-electron chi connectivity index (χ4n) is 7.56. The molecular weight excluding hydrogens is 841 g/mol. The van der Waals surface area contributed by atoms with Crippen molar-refractivity contribution in [2.45, 2.75) is 264 Å². The maximum absolute atomic E-state index is 12.8. The van der Waals surface area contributed by atoms with Gasteiger partial charge in [-0.05, 0) is 116 Å². The van der Waals surface area contributed by atoms with Gasteiger partial charge in [-0.2, -0.15) is 0 Å².